The van der Waals surface area contributed by atoms with Crippen LogP contribution in [0.2, 0.25) is 0 Å². The van der Waals surface area contributed by atoms with Crippen LogP contribution in [0.15, 0.2) is 4.79 Å². The molecule has 0 bridgehead atoms. The molecule has 3 nitrogen and oxygen atoms in total. The Morgan fingerprint density at radius 3 is 2.79 bits per heavy atom. The molecule has 2 heterocycles. The van der Waals surface area contributed by atoms with E-state index in [1.807, 2.05) is 23.5 Å². The molecule has 2 aliphatic rings. The second kappa shape index (κ2) is 5.97. The molecule has 2 unspecified atom stereocenters. The molecular formula is C13H17IN2OS2. The van der Waals surface area contributed by atoms with Crippen molar-refractivity contribution < 1.29 is 0 Å². The topological polar surface area (TPSA) is 45.8 Å². The van der Waals surface area contributed by atoms with Crippen LogP contribution in [-0.2, 0) is 0 Å². The summed E-state index contributed by atoms with van der Waals surface area (Å²) in [6.07, 6.45) is 3.52. The van der Waals surface area contributed by atoms with Crippen molar-refractivity contribution in [1.29, 1.82) is 0 Å². The Morgan fingerprint density at radius 2 is 2.11 bits per heavy atom. The Hall–Kier alpha value is 0.310. The van der Waals surface area contributed by atoms with Gasteiger partial charge in [0.1, 0.15) is 5.82 Å². The molecule has 0 spiro atoms. The highest BCUT2D eigenvalue weighted by molar-refractivity contribution is 14.1. The molecule has 3 rings (SSSR count). The Morgan fingerprint density at radius 1 is 1.37 bits per heavy atom. The quantitative estimate of drug-likeness (QED) is 0.778. The minimum atomic E-state index is 0.0542. The van der Waals surface area contributed by atoms with E-state index in [0.29, 0.717) is 16.4 Å². The van der Waals surface area contributed by atoms with E-state index >= 15 is 0 Å². The summed E-state index contributed by atoms with van der Waals surface area (Å²) in [5, 5.41) is 0.931. The Bertz CT molecular complexity index is 530. The second-order valence-corrected chi connectivity index (χ2v) is 8.71. The van der Waals surface area contributed by atoms with Gasteiger partial charge in [-0.2, -0.15) is 11.8 Å². The third-order valence-corrected chi connectivity index (χ3v) is 7.89. The predicted octanol–water partition coefficient (Wildman–Crippen LogP) is 3.55. The van der Waals surface area contributed by atoms with E-state index in [2.05, 4.69) is 34.5 Å². The summed E-state index contributed by atoms with van der Waals surface area (Å²) in [7, 11) is 0. The van der Waals surface area contributed by atoms with E-state index in [4.69, 9.17) is 4.98 Å². The van der Waals surface area contributed by atoms with E-state index in [9.17, 15) is 4.79 Å². The van der Waals surface area contributed by atoms with Gasteiger partial charge in [-0.25, -0.2) is 4.98 Å². The minimum Gasteiger partial charge on any atom is -0.309 e. The third kappa shape index (κ3) is 3.00. The van der Waals surface area contributed by atoms with Crippen molar-refractivity contribution in [2.45, 2.75) is 42.6 Å². The lowest BCUT2D eigenvalue weighted by Gasteiger charge is -2.29. The summed E-state index contributed by atoms with van der Waals surface area (Å²) in [6.45, 7) is 2.23. The molecule has 0 amide bonds. The molecule has 0 radical (unpaired) electrons. The maximum Gasteiger partial charge on any atom is 0.264 e. The summed E-state index contributed by atoms with van der Waals surface area (Å²) in [5.74, 6) is 3.81. The summed E-state index contributed by atoms with van der Waals surface area (Å²) >= 11 is 6.11. The number of nitrogens with zero attached hydrogens (tertiary/aromatic N) is 1. The molecular weight excluding hydrogens is 391 g/mol. The lowest BCUT2D eigenvalue weighted by molar-refractivity contribution is 0.732. The molecule has 1 aliphatic carbocycles. The first kappa shape index (κ1) is 14.3. The monoisotopic (exact) mass is 408 g/mol. The fourth-order valence-electron chi connectivity index (χ4n) is 2.41. The number of thioether (sulfide) groups is 2. The fraction of sp³-hybridized carbons (Fsp3) is 0.692. The number of H-pyrrole nitrogens is 1. The van der Waals surface area contributed by atoms with Crippen molar-refractivity contribution in [2.75, 3.05) is 11.5 Å². The van der Waals surface area contributed by atoms with Crippen molar-refractivity contribution in [3.8, 4) is 0 Å². The van der Waals surface area contributed by atoms with Crippen LogP contribution in [0.5, 0.6) is 0 Å². The highest BCUT2D eigenvalue weighted by atomic mass is 127. The predicted molar refractivity (Wildman–Crippen MR) is 91.3 cm³/mol. The summed E-state index contributed by atoms with van der Waals surface area (Å²) < 4.78 is 0.797. The van der Waals surface area contributed by atoms with Gasteiger partial charge in [0.05, 0.1) is 14.5 Å². The zero-order valence-corrected chi connectivity index (χ0v) is 14.6. The fourth-order valence-corrected chi connectivity index (χ4v) is 6.12. The molecule has 1 N–H and O–H groups in total. The maximum absolute atomic E-state index is 12.1. The number of aromatic amines is 1. The van der Waals surface area contributed by atoms with Crippen LogP contribution in [0.25, 0.3) is 0 Å². The number of aromatic nitrogens is 2. The van der Waals surface area contributed by atoms with E-state index < -0.39 is 0 Å². The van der Waals surface area contributed by atoms with Gasteiger partial charge in [0, 0.05) is 22.7 Å². The van der Waals surface area contributed by atoms with Gasteiger partial charge in [-0.3, -0.25) is 4.79 Å². The van der Waals surface area contributed by atoms with Crippen LogP contribution in [0.3, 0.4) is 0 Å². The average molecular weight is 408 g/mol. The first-order chi connectivity index (χ1) is 9.20. The third-order valence-electron chi connectivity index (χ3n) is 3.59. The molecule has 6 heteroatoms. The van der Waals surface area contributed by atoms with E-state index in [-0.39, 0.29) is 5.56 Å². The minimum absolute atomic E-state index is 0.0542. The normalized spacial score (nSPS) is 27.5. The SMILES string of the molecule is CCC1SCCSC1c1nc(C2CC2)c(I)c(=O)[nH]1. The van der Waals surface area contributed by atoms with Crippen molar-refractivity contribution in [1.82, 2.24) is 9.97 Å². The molecule has 19 heavy (non-hydrogen) atoms. The summed E-state index contributed by atoms with van der Waals surface area (Å²) in [5.41, 5.74) is 1.10. The van der Waals surface area contributed by atoms with Crippen molar-refractivity contribution >= 4 is 46.1 Å². The molecule has 1 aliphatic heterocycles. The zero-order chi connectivity index (χ0) is 13.4. The maximum atomic E-state index is 12.1. The lowest BCUT2D eigenvalue weighted by atomic mass is 10.2. The van der Waals surface area contributed by atoms with E-state index in [1.54, 1.807) is 0 Å². The largest absolute Gasteiger partial charge is 0.309 e. The molecule has 104 valence electrons. The number of hydrogen-bond donors (Lipinski definition) is 1. The molecule has 1 saturated carbocycles. The Kier molecular flexibility index (Phi) is 4.48. The molecule has 1 aromatic heterocycles. The van der Waals surface area contributed by atoms with Gasteiger partial charge >= 0.3 is 0 Å². The van der Waals surface area contributed by atoms with E-state index in [0.717, 1.165) is 27.3 Å². The van der Waals surface area contributed by atoms with Crippen LogP contribution in [0, 0.1) is 3.57 Å². The van der Waals surface area contributed by atoms with Gasteiger partial charge in [0.2, 0.25) is 0 Å². The van der Waals surface area contributed by atoms with Crippen molar-refractivity contribution in [3.05, 3.63) is 25.4 Å². The second-order valence-electron chi connectivity index (χ2n) is 5.03. The van der Waals surface area contributed by atoms with Gasteiger partial charge in [0.15, 0.2) is 0 Å². The van der Waals surface area contributed by atoms with Gasteiger partial charge in [0.25, 0.3) is 5.56 Å². The van der Waals surface area contributed by atoms with Gasteiger partial charge in [-0.1, -0.05) is 6.92 Å². The van der Waals surface area contributed by atoms with Crippen LogP contribution in [0.1, 0.15) is 48.9 Å². The van der Waals surface area contributed by atoms with E-state index in [1.165, 1.54) is 18.6 Å². The molecule has 2 fully saturated rings. The first-order valence-electron chi connectivity index (χ1n) is 6.73. The first-order valence-corrected chi connectivity index (χ1v) is 9.91. The smallest absolute Gasteiger partial charge is 0.264 e. The van der Waals surface area contributed by atoms with Crippen LogP contribution in [0.4, 0.5) is 0 Å². The van der Waals surface area contributed by atoms with Gasteiger partial charge in [-0.15, -0.1) is 11.8 Å². The molecule has 1 saturated heterocycles. The number of hydrogen-bond acceptors (Lipinski definition) is 4. The average Bonchev–Trinajstić information content (AvgIpc) is 3.26. The standard InChI is InChI=1S/C13H17IN2OS2/c1-2-8-11(19-6-5-18-8)12-15-10(7-3-4-7)9(14)13(17)16-12/h7-8,11H,2-6H2,1H3,(H,15,16,17). The van der Waals surface area contributed by atoms with Gasteiger partial charge < -0.3 is 4.98 Å². The number of rotatable bonds is 3. The zero-order valence-electron chi connectivity index (χ0n) is 10.8. The van der Waals surface area contributed by atoms with Crippen molar-refractivity contribution in [3.63, 3.8) is 0 Å². The highest BCUT2D eigenvalue weighted by Gasteiger charge is 2.32. The number of halogens is 1. The molecule has 1 aromatic rings. The Labute approximate surface area is 135 Å². The summed E-state index contributed by atoms with van der Waals surface area (Å²) in [6, 6.07) is 0. The van der Waals surface area contributed by atoms with Gasteiger partial charge in [-0.05, 0) is 41.9 Å². The lowest BCUT2D eigenvalue weighted by Crippen LogP contribution is -2.25. The molecule has 0 aromatic carbocycles. The highest BCUT2D eigenvalue weighted by Crippen LogP contribution is 2.44. The van der Waals surface area contributed by atoms with Crippen LogP contribution in [-0.4, -0.2) is 26.7 Å². The van der Waals surface area contributed by atoms with Crippen LogP contribution >= 0.6 is 46.1 Å². The molecule has 2 atom stereocenters. The van der Waals surface area contributed by atoms with Crippen LogP contribution < -0.4 is 5.56 Å². The number of nitrogens with one attached hydrogen (secondary N) is 1. The van der Waals surface area contributed by atoms with Crippen molar-refractivity contribution in [2.24, 2.45) is 0 Å². The Balaban J connectivity index is 1.97. The summed E-state index contributed by atoms with van der Waals surface area (Å²) in [4.78, 5) is 20.0.